The third-order valence-electron chi connectivity index (χ3n) is 2.95. The number of nitrogens with zero attached hydrogens (tertiary/aromatic N) is 3. The normalized spacial score (nSPS) is 18.2. The molecule has 18 heavy (non-hydrogen) atoms. The minimum atomic E-state index is -0.845. The number of amides is 2. The Morgan fingerprint density at radius 2 is 2.22 bits per heavy atom. The molecule has 2 rings (SSSR count). The molecule has 1 fully saturated rings. The predicted octanol–water partition coefficient (Wildman–Crippen LogP) is 0.195. The second-order valence-electron chi connectivity index (χ2n) is 4.53. The Balaban J connectivity index is 2.44. The van der Waals surface area contributed by atoms with Crippen LogP contribution in [0.25, 0.3) is 0 Å². The number of pyridine rings is 1. The fraction of sp³-hybridized carbons (Fsp3) is 0.333. The lowest BCUT2D eigenvalue weighted by Crippen LogP contribution is -2.64. The van der Waals surface area contributed by atoms with Crippen LogP contribution in [0.5, 0.6) is 0 Å². The van der Waals surface area contributed by atoms with Crippen molar-refractivity contribution < 1.29 is 9.59 Å². The minimum absolute atomic E-state index is 0.0770. The van der Waals surface area contributed by atoms with E-state index in [-0.39, 0.29) is 24.1 Å². The smallest absolute Gasteiger partial charge is 0.251 e. The lowest BCUT2D eigenvalue weighted by molar-refractivity contribution is -0.135. The van der Waals surface area contributed by atoms with Crippen LogP contribution in [0, 0.1) is 11.3 Å². The van der Waals surface area contributed by atoms with Gasteiger partial charge in [0.25, 0.3) is 5.91 Å². The van der Waals surface area contributed by atoms with Crippen LogP contribution in [0.3, 0.4) is 0 Å². The molecule has 0 aliphatic carbocycles. The van der Waals surface area contributed by atoms with Gasteiger partial charge in [-0.25, -0.2) is 4.98 Å². The van der Waals surface area contributed by atoms with Crippen molar-refractivity contribution in [3.8, 4) is 6.07 Å². The maximum atomic E-state index is 11.8. The number of carbonyl (C=O) groups excluding carboxylic acids is 2. The van der Waals surface area contributed by atoms with Crippen molar-refractivity contribution in [1.82, 2.24) is 10.3 Å². The van der Waals surface area contributed by atoms with E-state index >= 15 is 0 Å². The average molecular weight is 244 g/mol. The van der Waals surface area contributed by atoms with Gasteiger partial charge < -0.3 is 4.90 Å². The molecule has 1 aromatic rings. The van der Waals surface area contributed by atoms with Crippen LogP contribution >= 0.6 is 0 Å². The summed E-state index contributed by atoms with van der Waals surface area (Å²) in [5.74, 6) is -0.705. The zero-order chi connectivity index (χ0) is 13.3. The number of piperazine rings is 1. The number of carbonyl (C=O) groups is 2. The van der Waals surface area contributed by atoms with E-state index in [4.69, 9.17) is 5.26 Å². The van der Waals surface area contributed by atoms with Crippen LogP contribution in [0.1, 0.15) is 19.5 Å². The molecule has 2 amide bonds. The summed E-state index contributed by atoms with van der Waals surface area (Å²) >= 11 is 0. The molecule has 92 valence electrons. The molecule has 2 heterocycles. The molecular weight excluding hydrogens is 232 g/mol. The number of rotatable bonds is 1. The van der Waals surface area contributed by atoms with E-state index in [2.05, 4.69) is 10.3 Å². The number of aromatic nitrogens is 1. The fourth-order valence-electron chi connectivity index (χ4n) is 1.85. The number of nitriles is 1. The molecule has 0 bridgehead atoms. The van der Waals surface area contributed by atoms with E-state index in [1.54, 1.807) is 30.9 Å². The molecule has 1 aliphatic rings. The van der Waals surface area contributed by atoms with Gasteiger partial charge in [0.15, 0.2) is 0 Å². The lowest BCUT2D eigenvalue weighted by Gasteiger charge is -2.41. The van der Waals surface area contributed by atoms with Crippen LogP contribution in [0.4, 0.5) is 5.69 Å². The van der Waals surface area contributed by atoms with Gasteiger partial charge in [-0.15, -0.1) is 0 Å². The summed E-state index contributed by atoms with van der Waals surface area (Å²) in [7, 11) is 0. The third-order valence-corrected chi connectivity index (χ3v) is 2.95. The summed E-state index contributed by atoms with van der Waals surface area (Å²) in [6.07, 6.45) is 1.49. The molecular formula is C12H12N4O2. The SMILES string of the molecule is CC1(C)C(=O)NC(=O)CN1c1ccnc(C#N)c1. The van der Waals surface area contributed by atoms with Gasteiger partial charge in [0, 0.05) is 11.9 Å². The maximum Gasteiger partial charge on any atom is 0.251 e. The number of nitrogens with one attached hydrogen (secondary N) is 1. The van der Waals surface area contributed by atoms with E-state index in [1.807, 2.05) is 6.07 Å². The minimum Gasteiger partial charge on any atom is -0.348 e. The van der Waals surface area contributed by atoms with Gasteiger partial charge in [-0.05, 0) is 26.0 Å². The second-order valence-corrected chi connectivity index (χ2v) is 4.53. The Kier molecular flexibility index (Phi) is 2.75. The average Bonchev–Trinajstić information content (AvgIpc) is 2.34. The number of anilines is 1. The Bertz CT molecular complexity index is 559. The summed E-state index contributed by atoms with van der Waals surface area (Å²) in [5, 5.41) is 11.1. The molecule has 0 unspecified atom stereocenters. The first-order valence-electron chi connectivity index (χ1n) is 5.43. The van der Waals surface area contributed by atoms with Crippen molar-refractivity contribution in [2.45, 2.75) is 19.4 Å². The van der Waals surface area contributed by atoms with Crippen molar-refractivity contribution in [3.63, 3.8) is 0 Å². The topological polar surface area (TPSA) is 86.1 Å². The van der Waals surface area contributed by atoms with Gasteiger partial charge in [-0.1, -0.05) is 0 Å². The molecule has 0 atom stereocenters. The first-order chi connectivity index (χ1) is 8.45. The van der Waals surface area contributed by atoms with E-state index < -0.39 is 5.54 Å². The molecule has 1 N–H and O–H groups in total. The summed E-state index contributed by atoms with van der Waals surface area (Å²) < 4.78 is 0. The highest BCUT2D eigenvalue weighted by Gasteiger charge is 2.41. The van der Waals surface area contributed by atoms with Gasteiger partial charge in [-0.3, -0.25) is 14.9 Å². The van der Waals surface area contributed by atoms with Crippen molar-refractivity contribution in [3.05, 3.63) is 24.0 Å². The highest BCUT2D eigenvalue weighted by molar-refractivity contribution is 6.06. The molecule has 0 radical (unpaired) electrons. The van der Waals surface area contributed by atoms with Crippen molar-refractivity contribution in [2.24, 2.45) is 0 Å². The largest absolute Gasteiger partial charge is 0.348 e. The van der Waals surface area contributed by atoms with Gasteiger partial charge in [0.05, 0.1) is 6.54 Å². The quantitative estimate of drug-likeness (QED) is 0.713. The third kappa shape index (κ3) is 1.91. The van der Waals surface area contributed by atoms with Crippen LogP contribution in [0.2, 0.25) is 0 Å². The zero-order valence-corrected chi connectivity index (χ0v) is 10.1. The van der Waals surface area contributed by atoms with E-state index in [0.717, 1.165) is 0 Å². The molecule has 1 aromatic heterocycles. The molecule has 0 aromatic carbocycles. The monoisotopic (exact) mass is 244 g/mol. The Morgan fingerprint density at radius 3 is 2.89 bits per heavy atom. The summed E-state index contributed by atoms with van der Waals surface area (Å²) in [6.45, 7) is 3.52. The standard InChI is InChI=1S/C12H12N4O2/c1-12(2)11(18)15-10(17)7-16(12)9-3-4-14-8(5-9)6-13/h3-5H,7H2,1-2H3,(H,15,17,18). The highest BCUT2D eigenvalue weighted by Crippen LogP contribution is 2.26. The van der Waals surface area contributed by atoms with Crippen LogP contribution in [-0.2, 0) is 9.59 Å². The van der Waals surface area contributed by atoms with E-state index in [1.165, 1.54) is 6.20 Å². The Labute approximate surface area is 104 Å². The van der Waals surface area contributed by atoms with Crippen molar-refractivity contribution in [2.75, 3.05) is 11.4 Å². The van der Waals surface area contributed by atoms with Gasteiger partial charge in [0.1, 0.15) is 17.3 Å². The summed E-state index contributed by atoms with van der Waals surface area (Å²) in [6, 6.07) is 5.17. The van der Waals surface area contributed by atoms with Crippen molar-refractivity contribution in [1.29, 1.82) is 5.26 Å². The predicted molar refractivity (Wildman–Crippen MR) is 63.5 cm³/mol. The molecule has 6 nitrogen and oxygen atoms in total. The first-order valence-corrected chi connectivity index (χ1v) is 5.43. The van der Waals surface area contributed by atoms with Crippen molar-refractivity contribution >= 4 is 17.5 Å². The van der Waals surface area contributed by atoms with E-state index in [0.29, 0.717) is 5.69 Å². The molecule has 6 heteroatoms. The van der Waals surface area contributed by atoms with Crippen LogP contribution < -0.4 is 10.2 Å². The fourth-order valence-corrected chi connectivity index (χ4v) is 1.85. The second kappa shape index (κ2) is 4.11. The van der Waals surface area contributed by atoms with Crippen LogP contribution in [0.15, 0.2) is 18.3 Å². The summed E-state index contributed by atoms with van der Waals surface area (Å²) in [4.78, 5) is 28.8. The Hall–Kier alpha value is -2.42. The van der Waals surface area contributed by atoms with Gasteiger partial charge in [0.2, 0.25) is 5.91 Å². The molecule has 0 spiro atoms. The van der Waals surface area contributed by atoms with Crippen LogP contribution in [-0.4, -0.2) is 28.9 Å². The van der Waals surface area contributed by atoms with Gasteiger partial charge >= 0.3 is 0 Å². The molecule has 1 saturated heterocycles. The number of hydrogen-bond acceptors (Lipinski definition) is 5. The first kappa shape index (κ1) is 12.0. The summed E-state index contributed by atoms with van der Waals surface area (Å²) in [5.41, 5.74) is 0.0404. The van der Waals surface area contributed by atoms with E-state index in [9.17, 15) is 9.59 Å². The molecule has 0 saturated carbocycles. The maximum absolute atomic E-state index is 11.8. The molecule has 1 aliphatic heterocycles. The Morgan fingerprint density at radius 1 is 1.50 bits per heavy atom. The van der Waals surface area contributed by atoms with Gasteiger partial charge in [-0.2, -0.15) is 5.26 Å². The zero-order valence-electron chi connectivity index (χ0n) is 10.1. The lowest BCUT2D eigenvalue weighted by atomic mass is 9.98. The highest BCUT2D eigenvalue weighted by atomic mass is 16.2. The number of hydrogen-bond donors (Lipinski definition) is 1. The number of imide groups is 1.